The number of hydrogen-bond donors (Lipinski definition) is 0. The third-order valence-corrected chi connectivity index (χ3v) is 4.49. The van der Waals surface area contributed by atoms with Gasteiger partial charge in [0.2, 0.25) is 6.71 Å². The second kappa shape index (κ2) is 4.92. The molecule has 0 amide bonds. The van der Waals surface area contributed by atoms with Crippen LogP contribution in [0.5, 0.6) is 11.5 Å². The van der Waals surface area contributed by atoms with E-state index in [1.54, 1.807) is 0 Å². The molecule has 3 aromatic carbocycles. The Labute approximate surface area is 164 Å². The minimum Gasteiger partial charge on any atom is -0.453 e. The molecule has 0 saturated carbocycles. The summed E-state index contributed by atoms with van der Waals surface area (Å²) in [4.78, 5) is 1.27. The maximum Gasteiger partial charge on any atom is 0.220 e. The van der Waals surface area contributed by atoms with Crippen LogP contribution in [0.2, 0.25) is 5.31 Å². The van der Waals surface area contributed by atoms with Gasteiger partial charge in [0.25, 0.3) is 0 Å². The second-order valence-electron chi connectivity index (χ2n) is 7.14. The van der Waals surface area contributed by atoms with Gasteiger partial charge in [0.1, 0.15) is 0 Å². The molecular weight excluding hydrogens is 305 g/mol. The average Bonchev–Trinajstić information content (AvgIpc) is 2.82. The molecular formula is C22H20BNO. The van der Waals surface area contributed by atoms with Crippen LogP contribution < -0.4 is 20.6 Å². The van der Waals surface area contributed by atoms with Crippen molar-refractivity contribution < 1.29 is 19.8 Å². The maximum absolute atomic E-state index is 8.80. The molecule has 0 spiro atoms. The molecule has 0 fully saturated rings. The summed E-state index contributed by atoms with van der Waals surface area (Å²) in [5.74, 6) is -0.520. The number of para-hydroxylation sites is 4. The van der Waals surface area contributed by atoms with Gasteiger partial charge < -0.3 is 9.64 Å². The summed E-state index contributed by atoms with van der Waals surface area (Å²) in [6, 6.07) is -5.16. The van der Waals surface area contributed by atoms with Gasteiger partial charge in [-0.1, -0.05) is 63.1 Å². The molecule has 2 heterocycles. The van der Waals surface area contributed by atoms with Crippen molar-refractivity contribution in [2.75, 3.05) is 4.90 Å². The van der Waals surface area contributed by atoms with Gasteiger partial charge in [-0.3, -0.25) is 0 Å². The Bertz CT molecular complexity index is 1510. The van der Waals surface area contributed by atoms with Crippen molar-refractivity contribution in [2.24, 2.45) is 0 Å². The topological polar surface area (TPSA) is 12.5 Å². The van der Waals surface area contributed by atoms with Crippen molar-refractivity contribution in [1.29, 1.82) is 0 Å². The summed E-state index contributed by atoms with van der Waals surface area (Å²) >= 11 is 0. The molecule has 2 aliphatic rings. The zero-order chi connectivity index (χ0) is 26.8. The molecule has 0 aliphatic carbocycles. The fourth-order valence-electron chi connectivity index (χ4n) is 3.58. The van der Waals surface area contributed by atoms with Gasteiger partial charge in [-0.05, 0) is 40.4 Å². The summed E-state index contributed by atoms with van der Waals surface area (Å²) in [5, 5.41) is -0.713. The number of ether oxygens (including phenoxy) is 1. The first kappa shape index (κ1) is 7.29. The lowest BCUT2D eigenvalue weighted by Gasteiger charge is -2.43. The molecule has 5 rings (SSSR count). The zero-order valence-corrected chi connectivity index (χ0v) is 13.9. The number of fused-ring (bicyclic) bond motifs is 4. The lowest BCUT2D eigenvalue weighted by atomic mass is 9.27. The number of anilines is 3. The molecule has 0 bridgehead atoms. The minimum absolute atomic E-state index is 0.0270. The van der Waals surface area contributed by atoms with Gasteiger partial charge in [-0.2, -0.15) is 0 Å². The lowest BCUT2D eigenvalue weighted by molar-refractivity contribution is 0.477. The van der Waals surface area contributed by atoms with E-state index in [-0.39, 0.29) is 51.6 Å². The van der Waals surface area contributed by atoms with E-state index in [1.165, 1.54) is 4.90 Å². The number of benzene rings is 3. The Hall–Kier alpha value is -2.68. The average molecular weight is 336 g/mol. The van der Waals surface area contributed by atoms with Gasteiger partial charge in [0.15, 0.2) is 11.5 Å². The van der Waals surface area contributed by atoms with E-state index >= 15 is 0 Å². The zero-order valence-electron chi connectivity index (χ0n) is 24.9. The highest BCUT2D eigenvalue weighted by molar-refractivity contribution is 6.90. The number of nitrogens with zero attached hydrogens (tertiary/aromatic N) is 1. The van der Waals surface area contributed by atoms with Gasteiger partial charge in [-0.15, -0.1) is 0 Å². The predicted molar refractivity (Wildman–Crippen MR) is 106 cm³/mol. The van der Waals surface area contributed by atoms with E-state index in [2.05, 4.69) is 0 Å². The fourth-order valence-corrected chi connectivity index (χ4v) is 3.58. The monoisotopic (exact) mass is 336 g/mol. The molecule has 3 aromatic rings. The van der Waals surface area contributed by atoms with Crippen LogP contribution in [0.4, 0.5) is 17.1 Å². The van der Waals surface area contributed by atoms with Crippen LogP contribution in [0.15, 0.2) is 66.5 Å². The number of hydrogen-bond acceptors (Lipinski definition) is 2. The third kappa shape index (κ3) is 1.99. The van der Waals surface area contributed by atoms with E-state index in [1.807, 2.05) is 20.8 Å². The Balaban J connectivity index is 2.10. The van der Waals surface area contributed by atoms with E-state index in [4.69, 9.17) is 19.8 Å². The van der Waals surface area contributed by atoms with Gasteiger partial charge in [-0.25, -0.2) is 0 Å². The van der Waals surface area contributed by atoms with Crippen LogP contribution in [-0.2, 0) is 0 Å². The molecule has 2 nitrogen and oxygen atoms in total. The molecule has 25 heavy (non-hydrogen) atoms. The molecule has 0 N–H and O–H groups in total. The SMILES string of the molecule is [2H]c1c([2H])c([2H])c2c(c1[2H])Oc1c([2H])c([2H])c([2H])c3c1N2c1c([2H])c([2H])c([2H])c([2H])c1B3C(C)(C)C. The summed E-state index contributed by atoms with van der Waals surface area (Å²) in [6.07, 6.45) is 0. The van der Waals surface area contributed by atoms with Crippen molar-refractivity contribution in [1.82, 2.24) is 0 Å². The summed E-state index contributed by atoms with van der Waals surface area (Å²) in [5.41, 5.74) is 0.230. The van der Waals surface area contributed by atoms with Crippen LogP contribution in [-0.4, -0.2) is 6.71 Å². The highest BCUT2D eigenvalue weighted by Gasteiger charge is 2.43. The summed E-state index contributed by atoms with van der Waals surface area (Å²) in [7, 11) is 0. The molecule has 0 unspecified atom stereocenters. The predicted octanol–water partition coefficient (Wildman–Crippen LogP) is 4.98. The van der Waals surface area contributed by atoms with Gasteiger partial charge in [0.05, 0.1) is 26.5 Å². The van der Waals surface area contributed by atoms with Crippen LogP contribution >= 0.6 is 0 Å². The van der Waals surface area contributed by atoms with Crippen molar-refractivity contribution in [2.45, 2.75) is 26.1 Å². The lowest BCUT2D eigenvalue weighted by Crippen LogP contribution is -2.55. The van der Waals surface area contributed by atoms with Crippen LogP contribution in [0.3, 0.4) is 0 Å². The standard InChI is InChI=1S/C22H20BNO/c1-22(2,3)23-15-9-4-5-11-17(15)24-18-12-6-7-13-19(18)25-20-14-8-10-16(23)21(20)24/h4-14H,1-3H3/i4D,5D,6D,7D,8D,9D,10D,11D,12D,13D,14D. The fraction of sp³-hybridized carbons (Fsp3) is 0.182. The normalized spacial score (nSPS) is 20.5. The van der Waals surface area contributed by atoms with E-state index in [0.29, 0.717) is 0 Å². The van der Waals surface area contributed by atoms with Crippen LogP contribution in [0.25, 0.3) is 0 Å². The number of rotatable bonds is 0. The van der Waals surface area contributed by atoms with Gasteiger partial charge >= 0.3 is 0 Å². The highest BCUT2D eigenvalue weighted by Crippen LogP contribution is 2.51. The Morgan fingerprint density at radius 2 is 1.44 bits per heavy atom. The maximum atomic E-state index is 8.80. The van der Waals surface area contributed by atoms with E-state index in [0.717, 1.165) is 0 Å². The van der Waals surface area contributed by atoms with E-state index < -0.39 is 66.4 Å². The summed E-state index contributed by atoms with van der Waals surface area (Å²) in [6.45, 7) is 4.71. The molecule has 0 saturated heterocycles. The van der Waals surface area contributed by atoms with Crippen molar-refractivity contribution in [3.05, 3.63) is 66.5 Å². The Morgan fingerprint density at radius 1 is 0.800 bits per heavy atom. The molecule has 2 aliphatic heterocycles. The smallest absolute Gasteiger partial charge is 0.220 e. The van der Waals surface area contributed by atoms with Gasteiger partial charge in [0, 0.05) is 5.69 Å². The van der Waals surface area contributed by atoms with E-state index in [9.17, 15) is 0 Å². The molecule has 122 valence electrons. The first-order valence-corrected chi connectivity index (χ1v) is 7.95. The quantitative estimate of drug-likeness (QED) is 0.420. The molecule has 0 radical (unpaired) electrons. The Kier molecular flexibility index (Phi) is 1.43. The molecule has 0 aromatic heterocycles. The van der Waals surface area contributed by atoms with Crippen molar-refractivity contribution >= 4 is 34.7 Å². The molecule has 0 atom stereocenters. The Morgan fingerprint density at radius 3 is 2.24 bits per heavy atom. The summed E-state index contributed by atoms with van der Waals surface area (Å²) < 4.78 is 99.3. The second-order valence-corrected chi connectivity index (χ2v) is 7.14. The van der Waals surface area contributed by atoms with Crippen molar-refractivity contribution in [3.63, 3.8) is 0 Å². The van der Waals surface area contributed by atoms with Crippen molar-refractivity contribution in [3.8, 4) is 11.5 Å². The minimum atomic E-state index is -0.809. The highest BCUT2D eigenvalue weighted by atomic mass is 16.5. The first-order valence-electron chi connectivity index (χ1n) is 13.4. The van der Waals surface area contributed by atoms with Crippen LogP contribution in [0, 0.1) is 0 Å². The third-order valence-electron chi connectivity index (χ3n) is 4.49. The first-order chi connectivity index (χ1) is 16.6. The largest absolute Gasteiger partial charge is 0.453 e. The van der Waals surface area contributed by atoms with Crippen LogP contribution in [0.1, 0.15) is 35.8 Å². The molecule has 3 heteroatoms.